The number of hydrogen-bond donors (Lipinski definition) is 1. The van der Waals surface area contributed by atoms with Crippen molar-refractivity contribution in [2.75, 3.05) is 17.3 Å². The standard InChI is InChI=1S/C11H21NOS2/c1-9-11(3-2-6-14-9)12-10-4-7-15(13)8-5-10/h9-12H,2-8H2,1H3. The van der Waals surface area contributed by atoms with Gasteiger partial charge in [0.2, 0.25) is 0 Å². The first-order valence-corrected chi connectivity index (χ1v) is 8.52. The Balaban J connectivity index is 1.78. The first kappa shape index (κ1) is 11.9. The third kappa shape index (κ3) is 3.46. The van der Waals surface area contributed by atoms with E-state index in [0.717, 1.165) is 29.6 Å². The van der Waals surface area contributed by atoms with Gasteiger partial charge in [0.15, 0.2) is 0 Å². The van der Waals surface area contributed by atoms with Crippen molar-refractivity contribution in [2.24, 2.45) is 0 Å². The summed E-state index contributed by atoms with van der Waals surface area (Å²) >= 11 is 2.09. The van der Waals surface area contributed by atoms with Gasteiger partial charge in [0, 0.05) is 39.6 Å². The molecule has 0 spiro atoms. The van der Waals surface area contributed by atoms with Gasteiger partial charge in [-0.2, -0.15) is 11.8 Å². The van der Waals surface area contributed by atoms with Gasteiger partial charge in [-0.25, -0.2) is 0 Å². The highest BCUT2D eigenvalue weighted by Crippen LogP contribution is 2.26. The summed E-state index contributed by atoms with van der Waals surface area (Å²) in [6.07, 6.45) is 4.90. The maximum atomic E-state index is 11.2. The van der Waals surface area contributed by atoms with Gasteiger partial charge in [-0.05, 0) is 31.4 Å². The maximum Gasteiger partial charge on any atom is 0.0249 e. The van der Waals surface area contributed by atoms with Crippen molar-refractivity contribution in [3.8, 4) is 0 Å². The van der Waals surface area contributed by atoms with Crippen LogP contribution in [0.3, 0.4) is 0 Å². The zero-order valence-electron chi connectivity index (χ0n) is 9.41. The highest BCUT2D eigenvalue weighted by molar-refractivity contribution is 7.99. The van der Waals surface area contributed by atoms with E-state index in [4.69, 9.17) is 0 Å². The Morgan fingerprint density at radius 3 is 2.67 bits per heavy atom. The monoisotopic (exact) mass is 247 g/mol. The third-order valence-electron chi connectivity index (χ3n) is 3.44. The molecule has 2 atom stereocenters. The van der Waals surface area contributed by atoms with Crippen molar-refractivity contribution in [3.63, 3.8) is 0 Å². The minimum Gasteiger partial charge on any atom is -0.310 e. The van der Waals surface area contributed by atoms with Gasteiger partial charge in [0.05, 0.1) is 0 Å². The second kappa shape index (κ2) is 5.69. The molecule has 0 radical (unpaired) electrons. The second-order valence-corrected chi connectivity index (χ2v) is 7.79. The fourth-order valence-corrected chi connectivity index (χ4v) is 4.86. The molecule has 2 aliphatic rings. The molecule has 0 aliphatic carbocycles. The molecule has 0 aromatic rings. The summed E-state index contributed by atoms with van der Waals surface area (Å²) in [5.41, 5.74) is 0. The molecule has 2 fully saturated rings. The Morgan fingerprint density at radius 1 is 1.27 bits per heavy atom. The van der Waals surface area contributed by atoms with E-state index in [-0.39, 0.29) is 0 Å². The fourth-order valence-electron chi connectivity index (χ4n) is 2.41. The fraction of sp³-hybridized carbons (Fsp3) is 1.00. The molecule has 2 heterocycles. The van der Waals surface area contributed by atoms with Crippen LogP contribution in [0.4, 0.5) is 0 Å². The van der Waals surface area contributed by atoms with Crippen LogP contribution in [0.2, 0.25) is 0 Å². The van der Waals surface area contributed by atoms with Gasteiger partial charge in [-0.15, -0.1) is 0 Å². The summed E-state index contributed by atoms with van der Waals surface area (Å²) < 4.78 is 11.2. The van der Waals surface area contributed by atoms with Crippen LogP contribution in [0.5, 0.6) is 0 Å². The molecule has 15 heavy (non-hydrogen) atoms. The van der Waals surface area contributed by atoms with Crippen molar-refractivity contribution in [2.45, 2.75) is 49.9 Å². The predicted octanol–water partition coefficient (Wildman–Crippen LogP) is 1.77. The van der Waals surface area contributed by atoms with Crippen LogP contribution in [0, 0.1) is 0 Å². The number of thioether (sulfide) groups is 1. The summed E-state index contributed by atoms with van der Waals surface area (Å²) in [5.74, 6) is 3.14. The molecule has 88 valence electrons. The summed E-state index contributed by atoms with van der Waals surface area (Å²) in [6.45, 7) is 2.34. The van der Waals surface area contributed by atoms with Gasteiger partial charge in [-0.1, -0.05) is 6.92 Å². The van der Waals surface area contributed by atoms with Gasteiger partial charge in [0.25, 0.3) is 0 Å². The van der Waals surface area contributed by atoms with E-state index in [1.807, 2.05) is 0 Å². The van der Waals surface area contributed by atoms with Crippen molar-refractivity contribution < 1.29 is 4.21 Å². The zero-order valence-corrected chi connectivity index (χ0v) is 11.0. The van der Waals surface area contributed by atoms with Gasteiger partial charge in [0.1, 0.15) is 0 Å². The van der Waals surface area contributed by atoms with Crippen LogP contribution in [0.25, 0.3) is 0 Å². The molecule has 4 heteroatoms. The minimum atomic E-state index is -0.521. The van der Waals surface area contributed by atoms with E-state index in [1.54, 1.807) is 0 Å². The molecular weight excluding hydrogens is 226 g/mol. The average Bonchev–Trinajstić information content (AvgIpc) is 2.25. The molecular formula is C11H21NOS2. The second-order valence-electron chi connectivity index (χ2n) is 4.61. The van der Waals surface area contributed by atoms with E-state index in [9.17, 15) is 4.21 Å². The molecule has 0 saturated carbocycles. The molecule has 2 rings (SSSR count). The molecule has 0 amide bonds. The Morgan fingerprint density at radius 2 is 2.00 bits per heavy atom. The van der Waals surface area contributed by atoms with Gasteiger partial charge < -0.3 is 5.32 Å². The van der Waals surface area contributed by atoms with Crippen LogP contribution < -0.4 is 5.32 Å². The van der Waals surface area contributed by atoms with Crippen LogP contribution in [0.1, 0.15) is 32.6 Å². The largest absolute Gasteiger partial charge is 0.310 e. The molecule has 0 bridgehead atoms. The maximum absolute atomic E-state index is 11.2. The van der Waals surface area contributed by atoms with Crippen LogP contribution >= 0.6 is 11.8 Å². The molecule has 0 aromatic carbocycles. The average molecular weight is 247 g/mol. The highest BCUT2D eigenvalue weighted by atomic mass is 32.2. The first-order chi connectivity index (χ1) is 7.25. The van der Waals surface area contributed by atoms with Gasteiger partial charge >= 0.3 is 0 Å². The SMILES string of the molecule is CC1SCCCC1NC1CCS(=O)CC1. The number of rotatable bonds is 2. The lowest BCUT2D eigenvalue weighted by Gasteiger charge is -2.34. The Kier molecular flexibility index (Phi) is 4.52. The first-order valence-electron chi connectivity index (χ1n) is 5.98. The molecule has 2 saturated heterocycles. The van der Waals surface area contributed by atoms with Crippen LogP contribution in [0.15, 0.2) is 0 Å². The highest BCUT2D eigenvalue weighted by Gasteiger charge is 2.26. The van der Waals surface area contributed by atoms with E-state index >= 15 is 0 Å². The molecule has 1 N–H and O–H groups in total. The lowest BCUT2D eigenvalue weighted by molar-refractivity contribution is 0.378. The van der Waals surface area contributed by atoms with Crippen molar-refractivity contribution in [3.05, 3.63) is 0 Å². The normalized spacial score (nSPS) is 42.7. The Bertz CT molecular complexity index is 225. The quantitative estimate of drug-likeness (QED) is 0.806. The van der Waals surface area contributed by atoms with E-state index in [1.165, 1.54) is 18.6 Å². The van der Waals surface area contributed by atoms with Crippen LogP contribution in [-0.4, -0.2) is 38.8 Å². The van der Waals surface area contributed by atoms with Crippen molar-refractivity contribution in [1.29, 1.82) is 0 Å². The van der Waals surface area contributed by atoms with Crippen LogP contribution in [-0.2, 0) is 10.8 Å². The van der Waals surface area contributed by atoms with Crippen molar-refractivity contribution >= 4 is 22.6 Å². The van der Waals surface area contributed by atoms with Gasteiger partial charge in [-0.3, -0.25) is 4.21 Å². The third-order valence-corrected chi connectivity index (χ3v) is 6.21. The molecule has 2 aliphatic heterocycles. The molecule has 2 unspecified atom stereocenters. The smallest absolute Gasteiger partial charge is 0.0249 e. The van der Waals surface area contributed by atoms with E-state index in [0.29, 0.717) is 12.1 Å². The minimum absolute atomic E-state index is 0.521. The molecule has 0 aromatic heterocycles. The topological polar surface area (TPSA) is 29.1 Å². The summed E-state index contributed by atoms with van der Waals surface area (Å²) in [7, 11) is -0.521. The predicted molar refractivity (Wildman–Crippen MR) is 69.0 cm³/mol. The lowest BCUT2D eigenvalue weighted by Crippen LogP contribution is -2.47. The Labute approximate surface area is 99.4 Å². The Hall–Kier alpha value is 0.460. The number of nitrogens with one attached hydrogen (secondary N) is 1. The van der Waals surface area contributed by atoms with E-state index < -0.39 is 10.8 Å². The summed E-state index contributed by atoms with van der Waals surface area (Å²) in [6, 6.07) is 1.33. The summed E-state index contributed by atoms with van der Waals surface area (Å²) in [4.78, 5) is 0. The number of hydrogen-bond acceptors (Lipinski definition) is 3. The zero-order chi connectivity index (χ0) is 10.7. The summed E-state index contributed by atoms with van der Waals surface area (Å²) in [5, 5.41) is 4.53. The van der Waals surface area contributed by atoms with Crippen molar-refractivity contribution in [1.82, 2.24) is 5.32 Å². The van der Waals surface area contributed by atoms with E-state index in [2.05, 4.69) is 24.0 Å². The lowest BCUT2D eigenvalue weighted by atomic mass is 10.0. The molecule has 2 nitrogen and oxygen atoms in total.